The van der Waals surface area contributed by atoms with Gasteiger partial charge in [-0.1, -0.05) is 16.7 Å². The molecule has 0 atom stereocenters. The first-order valence-electron chi connectivity index (χ1n) is 4.94. The smallest absolute Gasteiger partial charge is 0.322 e. The number of amides is 1. The molecule has 0 saturated heterocycles. The number of nitrogens with zero attached hydrogens (tertiary/aromatic N) is 2. The summed E-state index contributed by atoms with van der Waals surface area (Å²) in [6.45, 7) is 3.36. The quantitative estimate of drug-likeness (QED) is 0.865. The molecule has 5 nitrogen and oxygen atoms in total. The summed E-state index contributed by atoms with van der Waals surface area (Å²) in [6, 6.07) is 4.23. The normalized spacial score (nSPS) is 10.3. The number of nitrogens with one attached hydrogen (secondary N) is 1. The Morgan fingerprint density at radius 2 is 2.12 bits per heavy atom. The third kappa shape index (κ3) is 2.47. The van der Waals surface area contributed by atoms with Crippen LogP contribution in [0, 0.1) is 19.7 Å². The highest BCUT2D eigenvalue weighted by atomic mass is 19.1. The lowest BCUT2D eigenvalue weighted by Crippen LogP contribution is -2.14. The van der Waals surface area contributed by atoms with Crippen LogP contribution in [-0.2, 0) is 0 Å². The molecular weight excluding hydrogens is 225 g/mol. The van der Waals surface area contributed by atoms with Crippen molar-refractivity contribution in [2.75, 3.05) is 5.32 Å². The largest absolute Gasteiger partial charge is 0.408 e. The minimum atomic E-state index is -0.616. The van der Waals surface area contributed by atoms with E-state index in [-0.39, 0.29) is 11.6 Å². The molecule has 0 aliphatic carbocycles. The number of anilines is 1. The second-order valence-electron chi connectivity index (χ2n) is 3.56. The first kappa shape index (κ1) is 11.3. The van der Waals surface area contributed by atoms with Crippen molar-refractivity contribution >= 4 is 11.9 Å². The molecule has 0 radical (unpaired) electrons. The predicted molar refractivity (Wildman–Crippen MR) is 58.1 cm³/mol. The summed E-state index contributed by atoms with van der Waals surface area (Å²) >= 11 is 0. The van der Waals surface area contributed by atoms with Gasteiger partial charge in [0.05, 0.1) is 5.56 Å². The molecule has 0 spiro atoms. The van der Waals surface area contributed by atoms with Crippen molar-refractivity contribution in [3.63, 3.8) is 0 Å². The summed E-state index contributed by atoms with van der Waals surface area (Å²) in [7, 11) is 0. The molecule has 2 aromatic rings. The number of aromatic nitrogens is 2. The second-order valence-corrected chi connectivity index (χ2v) is 3.56. The Kier molecular flexibility index (Phi) is 2.86. The van der Waals surface area contributed by atoms with Crippen molar-refractivity contribution in [1.29, 1.82) is 0 Å². The van der Waals surface area contributed by atoms with Gasteiger partial charge in [-0.15, -0.1) is 5.10 Å². The number of rotatable bonds is 2. The highest BCUT2D eigenvalue weighted by Crippen LogP contribution is 2.12. The van der Waals surface area contributed by atoms with Gasteiger partial charge in [0.2, 0.25) is 5.89 Å². The molecular formula is C11H10FN3O2. The lowest BCUT2D eigenvalue weighted by molar-refractivity contribution is 0.102. The van der Waals surface area contributed by atoms with Crippen molar-refractivity contribution in [2.45, 2.75) is 13.8 Å². The maximum absolute atomic E-state index is 13.4. The first-order chi connectivity index (χ1) is 8.06. The van der Waals surface area contributed by atoms with Crippen molar-refractivity contribution in [2.24, 2.45) is 0 Å². The van der Waals surface area contributed by atoms with E-state index >= 15 is 0 Å². The number of carbonyl (C=O) groups excluding carboxylic acids is 1. The summed E-state index contributed by atoms with van der Waals surface area (Å²) in [5.41, 5.74) is 0.735. The van der Waals surface area contributed by atoms with Crippen molar-refractivity contribution in [1.82, 2.24) is 10.2 Å². The first-order valence-corrected chi connectivity index (χ1v) is 4.94. The van der Waals surface area contributed by atoms with E-state index in [1.54, 1.807) is 19.9 Å². The maximum Gasteiger partial charge on any atom is 0.322 e. The molecule has 0 saturated carbocycles. The fraction of sp³-hybridized carbons (Fsp3) is 0.182. The van der Waals surface area contributed by atoms with E-state index in [0.717, 1.165) is 5.56 Å². The molecule has 0 bridgehead atoms. The third-order valence-corrected chi connectivity index (χ3v) is 2.11. The van der Waals surface area contributed by atoms with E-state index in [2.05, 4.69) is 15.5 Å². The van der Waals surface area contributed by atoms with Gasteiger partial charge in [0.25, 0.3) is 5.91 Å². The molecule has 1 amide bonds. The number of hydrogen-bond donors (Lipinski definition) is 1. The average molecular weight is 235 g/mol. The summed E-state index contributed by atoms with van der Waals surface area (Å²) in [5, 5.41) is 9.47. The van der Waals surface area contributed by atoms with Crippen LogP contribution in [0.1, 0.15) is 21.8 Å². The highest BCUT2D eigenvalue weighted by molar-refractivity contribution is 6.03. The van der Waals surface area contributed by atoms with E-state index < -0.39 is 11.7 Å². The number of benzene rings is 1. The van der Waals surface area contributed by atoms with Gasteiger partial charge in [0.15, 0.2) is 0 Å². The Hall–Kier alpha value is -2.24. The van der Waals surface area contributed by atoms with Gasteiger partial charge in [0, 0.05) is 6.92 Å². The minimum absolute atomic E-state index is 0.0478. The zero-order chi connectivity index (χ0) is 12.4. The Morgan fingerprint density at radius 1 is 1.35 bits per heavy atom. The molecule has 1 aromatic carbocycles. The summed E-state index contributed by atoms with van der Waals surface area (Å²) in [5.74, 6) is -0.885. The average Bonchev–Trinajstić information content (AvgIpc) is 2.67. The fourth-order valence-electron chi connectivity index (χ4n) is 1.32. The van der Waals surface area contributed by atoms with Crippen LogP contribution in [0.2, 0.25) is 0 Å². The molecule has 17 heavy (non-hydrogen) atoms. The molecule has 1 N–H and O–H groups in total. The topological polar surface area (TPSA) is 68.0 Å². The predicted octanol–water partition coefficient (Wildman–Crippen LogP) is 2.08. The number of aryl methyl sites for hydroxylation is 2. The maximum atomic E-state index is 13.4. The molecule has 1 aromatic heterocycles. The fourth-order valence-corrected chi connectivity index (χ4v) is 1.32. The Morgan fingerprint density at radius 3 is 2.76 bits per heavy atom. The van der Waals surface area contributed by atoms with Crippen LogP contribution >= 0.6 is 0 Å². The molecule has 0 aliphatic heterocycles. The van der Waals surface area contributed by atoms with E-state index in [1.807, 2.05) is 0 Å². The number of hydrogen-bond acceptors (Lipinski definition) is 4. The van der Waals surface area contributed by atoms with Crippen molar-refractivity contribution in [3.8, 4) is 0 Å². The SMILES string of the molecule is Cc1ccc(F)c(C(=O)Nc2nnc(C)o2)c1. The lowest BCUT2D eigenvalue weighted by atomic mass is 10.1. The van der Waals surface area contributed by atoms with Gasteiger partial charge >= 0.3 is 6.01 Å². The standard InChI is InChI=1S/C11H10FN3O2/c1-6-3-4-9(12)8(5-6)10(16)13-11-15-14-7(2)17-11/h3-5H,1-2H3,(H,13,15,16). The zero-order valence-corrected chi connectivity index (χ0v) is 9.32. The van der Waals surface area contributed by atoms with Gasteiger partial charge < -0.3 is 4.42 Å². The van der Waals surface area contributed by atoms with Gasteiger partial charge in [-0.25, -0.2) is 4.39 Å². The van der Waals surface area contributed by atoms with Gasteiger partial charge in [-0.05, 0) is 19.1 Å². The Balaban J connectivity index is 2.22. The summed E-state index contributed by atoms with van der Waals surface area (Å²) in [6.07, 6.45) is 0. The molecule has 1 heterocycles. The monoisotopic (exact) mass is 235 g/mol. The molecule has 0 fully saturated rings. The van der Waals surface area contributed by atoms with Gasteiger partial charge in [-0.3, -0.25) is 10.1 Å². The lowest BCUT2D eigenvalue weighted by Gasteiger charge is -2.03. The van der Waals surface area contributed by atoms with Crippen LogP contribution in [0.4, 0.5) is 10.4 Å². The van der Waals surface area contributed by atoms with Crippen molar-refractivity contribution in [3.05, 3.63) is 41.0 Å². The van der Waals surface area contributed by atoms with E-state index in [9.17, 15) is 9.18 Å². The third-order valence-electron chi connectivity index (χ3n) is 2.11. The minimum Gasteiger partial charge on any atom is -0.408 e. The van der Waals surface area contributed by atoms with Crippen molar-refractivity contribution < 1.29 is 13.6 Å². The molecule has 88 valence electrons. The van der Waals surface area contributed by atoms with E-state index in [4.69, 9.17) is 4.42 Å². The van der Waals surface area contributed by atoms with Crippen LogP contribution < -0.4 is 5.32 Å². The van der Waals surface area contributed by atoms with Crippen LogP contribution in [-0.4, -0.2) is 16.1 Å². The molecule has 2 rings (SSSR count). The summed E-state index contributed by atoms with van der Waals surface area (Å²) in [4.78, 5) is 11.7. The van der Waals surface area contributed by atoms with E-state index in [1.165, 1.54) is 12.1 Å². The van der Waals surface area contributed by atoms with Crippen LogP contribution in [0.25, 0.3) is 0 Å². The highest BCUT2D eigenvalue weighted by Gasteiger charge is 2.14. The zero-order valence-electron chi connectivity index (χ0n) is 9.32. The Bertz CT molecular complexity index is 566. The van der Waals surface area contributed by atoms with Gasteiger partial charge in [0.1, 0.15) is 5.82 Å². The Labute approximate surface area is 96.7 Å². The molecule has 0 aliphatic rings. The molecule has 6 heteroatoms. The number of halogens is 1. The van der Waals surface area contributed by atoms with Crippen LogP contribution in [0.15, 0.2) is 22.6 Å². The van der Waals surface area contributed by atoms with Crippen LogP contribution in [0.3, 0.4) is 0 Å². The van der Waals surface area contributed by atoms with E-state index in [0.29, 0.717) is 5.89 Å². The number of carbonyl (C=O) groups is 1. The van der Waals surface area contributed by atoms with Gasteiger partial charge in [-0.2, -0.15) is 0 Å². The summed E-state index contributed by atoms with van der Waals surface area (Å²) < 4.78 is 18.4. The second kappa shape index (κ2) is 4.32. The van der Waals surface area contributed by atoms with Crippen LogP contribution in [0.5, 0.6) is 0 Å². The molecule has 0 unspecified atom stereocenters.